The van der Waals surface area contributed by atoms with Crippen LogP contribution in [0.15, 0.2) is 53.1 Å². The van der Waals surface area contributed by atoms with Crippen molar-refractivity contribution in [3.05, 3.63) is 54.2 Å². The Labute approximate surface area is 146 Å². The maximum Gasteiger partial charge on any atom is 0.230 e. The van der Waals surface area contributed by atoms with Crippen LogP contribution in [-0.4, -0.2) is 24.2 Å². The number of carbonyl (C=O) groups excluding carboxylic acids is 1. The van der Waals surface area contributed by atoms with Crippen LogP contribution in [0, 0.1) is 0 Å². The van der Waals surface area contributed by atoms with E-state index in [0.29, 0.717) is 11.3 Å². The quantitative estimate of drug-likeness (QED) is 0.783. The number of benzene rings is 2. The fourth-order valence-corrected chi connectivity index (χ4v) is 3.33. The average Bonchev–Trinajstić information content (AvgIpc) is 3.06. The number of anilines is 2. The molecule has 1 saturated heterocycles. The van der Waals surface area contributed by atoms with Gasteiger partial charge in [0.25, 0.3) is 0 Å². The van der Waals surface area contributed by atoms with Crippen molar-refractivity contribution in [2.45, 2.75) is 25.7 Å². The number of hydrogen-bond donors (Lipinski definition) is 1. The van der Waals surface area contributed by atoms with Crippen LogP contribution in [-0.2, 0) is 11.2 Å². The normalized spacial score (nSPS) is 14.6. The van der Waals surface area contributed by atoms with Gasteiger partial charge in [0, 0.05) is 29.9 Å². The first-order valence-corrected chi connectivity index (χ1v) is 8.78. The Hall–Kier alpha value is -2.82. The lowest BCUT2D eigenvalue weighted by atomic mass is 10.1. The zero-order valence-corrected chi connectivity index (χ0v) is 14.1. The minimum absolute atomic E-state index is 0.0928. The summed E-state index contributed by atoms with van der Waals surface area (Å²) in [6.07, 6.45) is 4.03. The van der Waals surface area contributed by atoms with E-state index in [1.165, 1.54) is 24.9 Å². The summed E-state index contributed by atoms with van der Waals surface area (Å²) >= 11 is 0. The molecule has 3 aromatic rings. The van der Waals surface area contributed by atoms with Crippen molar-refractivity contribution in [1.29, 1.82) is 0 Å². The molecule has 0 radical (unpaired) electrons. The molecule has 0 saturated carbocycles. The predicted molar refractivity (Wildman–Crippen MR) is 98.8 cm³/mol. The van der Waals surface area contributed by atoms with E-state index in [9.17, 15) is 4.79 Å². The second-order valence-corrected chi connectivity index (χ2v) is 6.44. The van der Waals surface area contributed by atoms with Crippen LogP contribution in [0.1, 0.15) is 25.0 Å². The SMILES string of the molecule is O=C(Cc1noc2ccccc12)Nc1ccc(N2CCCCC2)cc1. The molecule has 0 atom stereocenters. The Morgan fingerprint density at radius 2 is 1.80 bits per heavy atom. The van der Waals surface area contributed by atoms with Gasteiger partial charge in [0.05, 0.1) is 6.42 Å². The Kier molecular flexibility index (Phi) is 4.37. The van der Waals surface area contributed by atoms with Crippen LogP contribution in [0.4, 0.5) is 11.4 Å². The van der Waals surface area contributed by atoms with E-state index >= 15 is 0 Å². The summed E-state index contributed by atoms with van der Waals surface area (Å²) in [6.45, 7) is 2.23. The van der Waals surface area contributed by atoms with Crippen molar-refractivity contribution in [2.75, 3.05) is 23.3 Å². The fourth-order valence-electron chi connectivity index (χ4n) is 3.33. The molecule has 2 heterocycles. The van der Waals surface area contributed by atoms with E-state index in [2.05, 4.69) is 27.5 Å². The lowest BCUT2D eigenvalue weighted by molar-refractivity contribution is -0.115. The zero-order chi connectivity index (χ0) is 17.1. The van der Waals surface area contributed by atoms with Crippen molar-refractivity contribution in [2.24, 2.45) is 0 Å². The molecule has 1 amide bonds. The molecule has 0 spiro atoms. The molecule has 0 unspecified atom stereocenters. The molecule has 25 heavy (non-hydrogen) atoms. The van der Waals surface area contributed by atoms with Gasteiger partial charge < -0.3 is 14.7 Å². The Balaban J connectivity index is 1.40. The third-order valence-corrected chi connectivity index (χ3v) is 4.65. The standard InChI is InChI=1S/C20H21N3O2/c24-20(14-18-17-6-2-3-7-19(17)25-22-18)21-15-8-10-16(11-9-15)23-12-4-1-5-13-23/h2-3,6-11H,1,4-5,12-14H2,(H,21,24). The number of rotatable bonds is 4. The van der Waals surface area contributed by atoms with Crippen molar-refractivity contribution in [3.63, 3.8) is 0 Å². The van der Waals surface area contributed by atoms with Crippen LogP contribution < -0.4 is 10.2 Å². The largest absolute Gasteiger partial charge is 0.372 e. The third-order valence-electron chi connectivity index (χ3n) is 4.65. The van der Waals surface area contributed by atoms with Gasteiger partial charge in [-0.3, -0.25) is 4.79 Å². The van der Waals surface area contributed by atoms with Gasteiger partial charge in [-0.05, 0) is 55.7 Å². The summed E-state index contributed by atoms with van der Waals surface area (Å²) in [7, 11) is 0. The van der Waals surface area contributed by atoms with Gasteiger partial charge >= 0.3 is 0 Å². The van der Waals surface area contributed by atoms with Gasteiger partial charge in [-0.25, -0.2) is 0 Å². The maximum atomic E-state index is 12.3. The third kappa shape index (κ3) is 3.50. The lowest BCUT2D eigenvalue weighted by Crippen LogP contribution is -2.29. The van der Waals surface area contributed by atoms with Gasteiger partial charge in [0.1, 0.15) is 5.69 Å². The smallest absolute Gasteiger partial charge is 0.230 e. The predicted octanol–water partition coefficient (Wildman–Crippen LogP) is 4.00. The molecule has 5 heteroatoms. The molecule has 0 bridgehead atoms. The van der Waals surface area contributed by atoms with Crippen molar-refractivity contribution in [1.82, 2.24) is 5.16 Å². The molecule has 4 rings (SSSR count). The first kappa shape index (κ1) is 15.7. The number of hydrogen-bond acceptors (Lipinski definition) is 4. The second kappa shape index (κ2) is 6.97. The van der Waals surface area contributed by atoms with Crippen molar-refractivity contribution in [3.8, 4) is 0 Å². The molecular weight excluding hydrogens is 314 g/mol. The summed E-state index contributed by atoms with van der Waals surface area (Å²) < 4.78 is 5.25. The van der Waals surface area contributed by atoms with Gasteiger partial charge in [0.2, 0.25) is 5.91 Å². The number of nitrogens with zero attached hydrogens (tertiary/aromatic N) is 2. The maximum absolute atomic E-state index is 12.3. The zero-order valence-electron chi connectivity index (χ0n) is 14.1. The minimum atomic E-state index is -0.0928. The van der Waals surface area contributed by atoms with Gasteiger partial charge in [-0.15, -0.1) is 0 Å². The van der Waals surface area contributed by atoms with Crippen LogP contribution in [0.2, 0.25) is 0 Å². The Morgan fingerprint density at radius 1 is 1.04 bits per heavy atom. The number of piperidine rings is 1. The van der Waals surface area contributed by atoms with E-state index in [1.807, 2.05) is 36.4 Å². The highest BCUT2D eigenvalue weighted by atomic mass is 16.5. The van der Waals surface area contributed by atoms with Crippen molar-refractivity contribution >= 4 is 28.3 Å². The number of fused-ring (bicyclic) bond motifs is 1. The molecule has 1 N–H and O–H groups in total. The molecule has 5 nitrogen and oxygen atoms in total. The highest BCUT2D eigenvalue weighted by Crippen LogP contribution is 2.22. The summed E-state index contributed by atoms with van der Waals surface area (Å²) in [6, 6.07) is 15.6. The summed E-state index contributed by atoms with van der Waals surface area (Å²) in [5, 5.41) is 7.83. The van der Waals surface area contributed by atoms with E-state index in [1.54, 1.807) is 0 Å². The molecule has 1 aliphatic rings. The van der Waals surface area contributed by atoms with E-state index in [-0.39, 0.29) is 12.3 Å². The first-order valence-electron chi connectivity index (χ1n) is 8.78. The van der Waals surface area contributed by atoms with E-state index in [4.69, 9.17) is 4.52 Å². The number of carbonyl (C=O) groups is 1. The Bertz CT molecular complexity index is 864. The first-order chi connectivity index (χ1) is 12.3. The van der Waals surface area contributed by atoms with Crippen LogP contribution in [0.5, 0.6) is 0 Å². The monoisotopic (exact) mass is 335 g/mol. The van der Waals surface area contributed by atoms with E-state index < -0.39 is 0 Å². The van der Waals surface area contributed by atoms with Crippen LogP contribution in [0.25, 0.3) is 11.0 Å². The fraction of sp³-hybridized carbons (Fsp3) is 0.300. The van der Waals surface area contributed by atoms with Gasteiger partial charge in [-0.1, -0.05) is 17.3 Å². The molecule has 1 fully saturated rings. The van der Waals surface area contributed by atoms with E-state index in [0.717, 1.165) is 24.2 Å². The highest BCUT2D eigenvalue weighted by Gasteiger charge is 2.13. The highest BCUT2D eigenvalue weighted by molar-refractivity contribution is 5.94. The molecule has 0 aliphatic carbocycles. The number of nitrogens with one attached hydrogen (secondary N) is 1. The molecule has 1 aliphatic heterocycles. The van der Waals surface area contributed by atoms with Gasteiger partial charge in [-0.2, -0.15) is 0 Å². The lowest BCUT2D eigenvalue weighted by Gasteiger charge is -2.28. The second-order valence-electron chi connectivity index (χ2n) is 6.44. The molecule has 1 aromatic heterocycles. The molecular formula is C20H21N3O2. The number of amides is 1. The summed E-state index contributed by atoms with van der Waals surface area (Å²) in [5.74, 6) is -0.0928. The molecule has 128 valence electrons. The van der Waals surface area contributed by atoms with Crippen molar-refractivity contribution < 1.29 is 9.32 Å². The topological polar surface area (TPSA) is 58.4 Å². The van der Waals surface area contributed by atoms with Crippen LogP contribution >= 0.6 is 0 Å². The molecule has 2 aromatic carbocycles. The number of para-hydroxylation sites is 1. The average molecular weight is 335 g/mol. The Morgan fingerprint density at radius 3 is 2.60 bits per heavy atom. The number of aromatic nitrogens is 1. The summed E-state index contributed by atoms with van der Waals surface area (Å²) in [4.78, 5) is 14.7. The minimum Gasteiger partial charge on any atom is -0.372 e. The van der Waals surface area contributed by atoms with Crippen LogP contribution in [0.3, 0.4) is 0 Å². The van der Waals surface area contributed by atoms with Gasteiger partial charge in [0.15, 0.2) is 5.58 Å². The summed E-state index contributed by atoms with van der Waals surface area (Å²) in [5.41, 5.74) is 3.40.